The van der Waals surface area contributed by atoms with Gasteiger partial charge in [-0.2, -0.15) is 0 Å². The minimum absolute atomic E-state index is 0.185. The van der Waals surface area contributed by atoms with Crippen molar-refractivity contribution in [2.75, 3.05) is 7.11 Å². The molecular formula is C20H18N4O3. The monoisotopic (exact) mass is 362 g/mol. The van der Waals surface area contributed by atoms with Crippen LogP contribution in [0.4, 0.5) is 0 Å². The van der Waals surface area contributed by atoms with Gasteiger partial charge in [-0.25, -0.2) is 4.68 Å². The molecule has 0 saturated heterocycles. The zero-order valence-electron chi connectivity index (χ0n) is 14.8. The van der Waals surface area contributed by atoms with E-state index in [1.54, 1.807) is 36.3 Å². The Labute approximate surface area is 155 Å². The number of carbonyl (C=O) groups is 1. The maximum atomic E-state index is 12.3. The summed E-state index contributed by atoms with van der Waals surface area (Å²) in [7, 11) is 1.64. The largest absolute Gasteiger partial charge is 0.497 e. The maximum Gasteiger partial charge on any atom is 0.251 e. The van der Waals surface area contributed by atoms with Gasteiger partial charge in [0.2, 0.25) is 0 Å². The molecule has 2 heterocycles. The molecule has 136 valence electrons. The van der Waals surface area contributed by atoms with Crippen LogP contribution >= 0.6 is 0 Å². The smallest absolute Gasteiger partial charge is 0.251 e. The number of fused-ring (bicyclic) bond motifs is 1. The normalized spacial score (nSPS) is 10.9. The van der Waals surface area contributed by atoms with E-state index in [9.17, 15) is 4.79 Å². The topological polar surface area (TPSA) is 82.2 Å². The van der Waals surface area contributed by atoms with E-state index < -0.39 is 0 Å². The number of hydrogen-bond acceptors (Lipinski definition) is 5. The van der Waals surface area contributed by atoms with Gasteiger partial charge in [0.15, 0.2) is 0 Å². The van der Waals surface area contributed by atoms with Gasteiger partial charge in [-0.3, -0.25) is 4.79 Å². The number of nitrogens with zero attached hydrogens (tertiary/aromatic N) is 3. The first-order valence-corrected chi connectivity index (χ1v) is 8.50. The van der Waals surface area contributed by atoms with E-state index in [0.29, 0.717) is 29.9 Å². The minimum atomic E-state index is -0.185. The molecule has 0 fully saturated rings. The van der Waals surface area contributed by atoms with Crippen molar-refractivity contribution in [1.82, 2.24) is 20.3 Å². The lowest BCUT2D eigenvalue weighted by Gasteiger charge is -2.06. The molecule has 1 amide bonds. The SMILES string of the molecule is COc1cccc(Cn2nnc3cc(C(=O)NCc4ccco4)ccc32)c1. The molecule has 4 rings (SSSR count). The highest BCUT2D eigenvalue weighted by atomic mass is 16.5. The molecule has 7 heteroatoms. The summed E-state index contributed by atoms with van der Waals surface area (Å²) in [4.78, 5) is 12.3. The van der Waals surface area contributed by atoms with Gasteiger partial charge in [-0.15, -0.1) is 5.10 Å². The van der Waals surface area contributed by atoms with Crippen molar-refractivity contribution in [3.8, 4) is 5.75 Å². The Morgan fingerprint density at radius 3 is 2.93 bits per heavy atom. The Kier molecular flexibility index (Phi) is 4.57. The van der Waals surface area contributed by atoms with Gasteiger partial charge in [-0.05, 0) is 48.0 Å². The summed E-state index contributed by atoms with van der Waals surface area (Å²) in [6, 6.07) is 16.8. The number of ether oxygens (including phenoxy) is 1. The Bertz CT molecular complexity index is 1070. The number of furan rings is 1. The lowest BCUT2D eigenvalue weighted by molar-refractivity contribution is 0.0948. The molecule has 0 aliphatic heterocycles. The number of amides is 1. The molecule has 27 heavy (non-hydrogen) atoms. The highest BCUT2D eigenvalue weighted by Gasteiger charge is 2.11. The fraction of sp³-hybridized carbons (Fsp3) is 0.150. The first-order valence-electron chi connectivity index (χ1n) is 8.50. The molecular weight excluding hydrogens is 344 g/mol. The van der Waals surface area contributed by atoms with Gasteiger partial charge in [0.25, 0.3) is 5.91 Å². The van der Waals surface area contributed by atoms with E-state index in [2.05, 4.69) is 15.6 Å². The minimum Gasteiger partial charge on any atom is -0.497 e. The molecule has 7 nitrogen and oxygen atoms in total. The molecule has 0 aliphatic carbocycles. The summed E-state index contributed by atoms with van der Waals surface area (Å²) < 4.78 is 12.3. The number of carbonyl (C=O) groups excluding carboxylic acids is 1. The Hall–Kier alpha value is -3.61. The number of aromatic nitrogens is 3. The van der Waals surface area contributed by atoms with Gasteiger partial charge in [-0.1, -0.05) is 17.3 Å². The van der Waals surface area contributed by atoms with Crippen LogP contribution in [0.25, 0.3) is 11.0 Å². The zero-order chi connectivity index (χ0) is 18.6. The summed E-state index contributed by atoms with van der Waals surface area (Å²) in [5.41, 5.74) is 3.12. The molecule has 0 bridgehead atoms. The predicted molar refractivity (Wildman–Crippen MR) is 99.5 cm³/mol. The number of benzene rings is 2. The number of nitrogens with one attached hydrogen (secondary N) is 1. The average molecular weight is 362 g/mol. The third-order valence-corrected chi connectivity index (χ3v) is 4.25. The van der Waals surface area contributed by atoms with Crippen molar-refractivity contribution < 1.29 is 13.9 Å². The van der Waals surface area contributed by atoms with Crippen LogP contribution in [0, 0.1) is 0 Å². The van der Waals surface area contributed by atoms with Crippen LogP contribution in [0.15, 0.2) is 65.3 Å². The van der Waals surface area contributed by atoms with E-state index in [-0.39, 0.29) is 5.91 Å². The fourth-order valence-corrected chi connectivity index (χ4v) is 2.86. The van der Waals surface area contributed by atoms with Gasteiger partial charge < -0.3 is 14.5 Å². The second-order valence-corrected chi connectivity index (χ2v) is 6.06. The lowest BCUT2D eigenvalue weighted by atomic mass is 10.1. The Balaban J connectivity index is 1.51. The molecule has 0 unspecified atom stereocenters. The second-order valence-electron chi connectivity index (χ2n) is 6.06. The van der Waals surface area contributed by atoms with Gasteiger partial charge in [0.05, 0.1) is 32.0 Å². The molecule has 2 aromatic heterocycles. The number of methoxy groups -OCH3 is 1. The van der Waals surface area contributed by atoms with E-state index in [1.165, 1.54) is 0 Å². The van der Waals surface area contributed by atoms with Gasteiger partial charge in [0.1, 0.15) is 17.0 Å². The van der Waals surface area contributed by atoms with E-state index >= 15 is 0 Å². The lowest BCUT2D eigenvalue weighted by Crippen LogP contribution is -2.22. The van der Waals surface area contributed by atoms with Crippen molar-refractivity contribution in [2.45, 2.75) is 13.1 Å². The summed E-state index contributed by atoms with van der Waals surface area (Å²) in [5, 5.41) is 11.2. The molecule has 0 atom stereocenters. The quantitative estimate of drug-likeness (QED) is 0.570. The second kappa shape index (κ2) is 7.33. The molecule has 0 radical (unpaired) electrons. The van der Waals surface area contributed by atoms with Crippen molar-refractivity contribution in [3.05, 3.63) is 77.7 Å². The van der Waals surface area contributed by atoms with Crippen molar-refractivity contribution >= 4 is 16.9 Å². The first-order chi connectivity index (χ1) is 13.2. The van der Waals surface area contributed by atoms with Crippen LogP contribution in [0.2, 0.25) is 0 Å². The fourth-order valence-electron chi connectivity index (χ4n) is 2.86. The predicted octanol–water partition coefficient (Wildman–Crippen LogP) is 3.01. The number of hydrogen-bond donors (Lipinski definition) is 1. The van der Waals surface area contributed by atoms with Crippen LogP contribution < -0.4 is 10.1 Å². The summed E-state index contributed by atoms with van der Waals surface area (Å²) in [6.07, 6.45) is 1.58. The molecule has 4 aromatic rings. The maximum absolute atomic E-state index is 12.3. The third kappa shape index (κ3) is 3.67. The van der Waals surface area contributed by atoms with Crippen LogP contribution in [0.3, 0.4) is 0 Å². The number of rotatable bonds is 6. The van der Waals surface area contributed by atoms with Crippen LogP contribution in [-0.2, 0) is 13.1 Å². The highest BCUT2D eigenvalue weighted by molar-refractivity contribution is 5.97. The molecule has 0 spiro atoms. The summed E-state index contributed by atoms with van der Waals surface area (Å²) >= 11 is 0. The van der Waals surface area contributed by atoms with Crippen molar-refractivity contribution in [2.24, 2.45) is 0 Å². The highest BCUT2D eigenvalue weighted by Crippen LogP contribution is 2.17. The molecule has 0 aliphatic rings. The molecule has 1 N–H and O–H groups in total. The summed E-state index contributed by atoms with van der Waals surface area (Å²) in [5.74, 6) is 1.32. The average Bonchev–Trinajstić information content (AvgIpc) is 3.36. The Morgan fingerprint density at radius 1 is 1.19 bits per heavy atom. The first kappa shape index (κ1) is 16.8. The van der Waals surface area contributed by atoms with Crippen LogP contribution in [0.1, 0.15) is 21.7 Å². The standard InChI is InChI=1S/C20H18N4O3/c1-26-16-5-2-4-14(10-16)13-24-19-8-7-15(11-18(19)22-23-24)20(25)21-12-17-6-3-9-27-17/h2-11H,12-13H2,1H3,(H,21,25). The summed E-state index contributed by atoms with van der Waals surface area (Å²) in [6.45, 7) is 0.907. The third-order valence-electron chi connectivity index (χ3n) is 4.25. The van der Waals surface area contributed by atoms with E-state index in [1.807, 2.05) is 36.4 Å². The molecule has 0 saturated carbocycles. The van der Waals surface area contributed by atoms with Gasteiger partial charge >= 0.3 is 0 Å². The zero-order valence-corrected chi connectivity index (χ0v) is 14.8. The van der Waals surface area contributed by atoms with E-state index in [0.717, 1.165) is 16.8 Å². The van der Waals surface area contributed by atoms with Crippen molar-refractivity contribution in [1.29, 1.82) is 0 Å². The van der Waals surface area contributed by atoms with Crippen molar-refractivity contribution in [3.63, 3.8) is 0 Å². The van der Waals surface area contributed by atoms with Gasteiger partial charge in [0, 0.05) is 5.56 Å². The Morgan fingerprint density at radius 2 is 2.11 bits per heavy atom. The molecule has 2 aromatic carbocycles. The van der Waals surface area contributed by atoms with Crippen LogP contribution in [0.5, 0.6) is 5.75 Å². The van der Waals surface area contributed by atoms with E-state index in [4.69, 9.17) is 9.15 Å². The van der Waals surface area contributed by atoms with Crippen LogP contribution in [-0.4, -0.2) is 28.0 Å².